The van der Waals surface area contributed by atoms with Crippen molar-refractivity contribution >= 4 is 36.7 Å². The summed E-state index contributed by atoms with van der Waals surface area (Å²) in [6.45, 7) is 2.95. The SMILES string of the molecule is COC(=O)c1ccc(C[C@H](NC(=O)C2CCCC2P(=O)(OC)C(C)NC(C)=O)C(=O)Nc2ccccc2)cc1. The molecule has 4 unspecified atom stereocenters. The zero-order chi connectivity index (χ0) is 28.6. The van der Waals surface area contributed by atoms with Crippen LogP contribution in [0.15, 0.2) is 54.6 Å². The van der Waals surface area contributed by atoms with Gasteiger partial charge in [-0.05, 0) is 49.6 Å². The van der Waals surface area contributed by atoms with E-state index < -0.39 is 48.6 Å². The lowest BCUT2D eigenvalue weighted by Crippen LogP contribution is -2.49. The molecule has 5 atom stereocenters. The van der Waals surface area contributed by atoms with Crippen LogP contribution in [0.3, 0.4) is 0 Å². The summed E-state index contributed by atoms with van der Waals surface area (Å²) in [4.78, 5) is 50.3. The Morgan fingerprint density at radius 1 is 0.974 bits per heavy atom. The van der Waals surface area contributed by atoms with Crippen LogP contribution in [0.4, 0.5) is 5.69 Å². The molecule has 11 heteroatoms. The lowest BCUT2D eigenvalue weighted by Gasteiger charge is -2.32. The number of hydrogen-bond donors (Lipinski definition) is 3. The third kappa shape index (κ3) is 7.55. The molecule has 0 saturated heterocycles. The summed E-state index contributed by atoms with van der Waals surface area (Å²) >= 11 is 0. The van der Waals surface area contributed by atoms with Crippen LogP contribution in [0.5, 0.6) is 0 Å². The predicted molar refractivity (Wildman–Crippen MR) is 148 cm³/mol. The van der Waals surface area contributed by atoms with Crippen molar-refractivity contribution in [2.45, 2.75) is 57.0 Å². The van der Waals surface area contributed by atoms with Crippen LogP contribution >= 0.6 is 7.37 Å². The summed E-state index contributed by atoms with van der Waals surface area (Å²) in [7, 11) is -0.816. The number of rotatable bonds is 11. The molecule has 0 aliphatic heterocycles. The van der Waals surface area contributed by atoms with Crippen molar-refractivity contribution in [2.24, 2.45) is 5.92 Å². The van der Waals surface area contributed by atoms with Gasteiger partial charge in [-0.15, -0.1) is 0 Å². The first kappa shape index (κ1) is 30.1. The molecule has 0 spiro atoms. The predicted octanol–water partition coefficient (Wildman–Crippen LogP) is 3.71. The number of ether oxygens (including phenoxy) is 1. The third-order valence-corrected chi connectivity index (χ3v) is 10.3. The summed E-state index contributed by atoms with van der Waals surface area (Å²) in [5.74, 6) is -3.04. The molecular weight excluding hydrogens is 521 g/mol. The second kappa shape index (κ2) is 13.5. The number of esters is 1. The highest BCUT2D eigenvalue weighted by Crippen LogP contribution is 2.61. The Hall–Kier alpha value is -3.49. The minimum Gasteiger partial charge on any atom is -0.465 e. The molecule has 0 heterocycles. The lowest BCUT2D eigenvalue weighted by molar-refractivity contribution is -0.129. The van der Waals surface area contributed by atoms with Crippen LogP contribution in [0.2, 0.25) is 0 Å². The maximum atomic E-state index is 13.9. The van der Waals surface area contributed by atoms with Gasteiger partial charge < -0.3 is 25.2 Å². The van der Waals surface area contributed by atoms with Gasteiger partial charge in [0.1, 0.15) is 11.8 Å². The monoisotopic (exact) mass is 557 g/mol. The van der Waals surface area contributed by atoms with E-state index in [2.05, 4.69) is 16.0 Å². The molecule has 1 saturated carbocycles. The molecular formula is C28H36N3O7P. The Morgan fingerprint density at radius 2 is 1.64 bits per heavy atom. The van der Waals surface area contributed by atoms with Crippen LogP contribution in [0.1, 0.15) is 49.0 Å². The van der Waals surface area contributed by atoms with Crippen LogP contribution in [0, 0.1) is 5.92 Å². The molecule has 0 radical (unpaired) electrons. The first-order valence-corrected chi connectivity index (χ1v) is 14.6. The van der Waals surface area contributed by atoms with Crippen molar-refractivity contribution < 1.29 is 33.0 Å². The van der Waals surface area contributed by atoms with E-state index >= 15 is 0 Å². The highest BCUT2D eigenvalue weighted by Gasteiger charge is 2.48. The molecule has 210 valence electrons. The first-order chi connectivity index (χ1) is 18.6. The molecule has 2 aromatic rings. The number of hydrogen-bond acceptors (Lipinski definition) is 7. The first-order valence-electron chi connectivity index (χ1n) is 12.8. The molecule has 0 bridgehead atoms. The van der Waals surface area contributed by atoms with Crippen LogP contribution in [0.25, 0.3) is 0 Å². The number of para-hydroxylation sites is 1. The maximum Gasteiger partial charge on any atom is 0.337 e. The Bertz CT molecular complexity index is 1220. The molecule has 2 aromatic carbocycles. The van der Waals surface area contributed by atoms with Gasteiger partial charge in [-0.25, -0.2) is 4.79 Å². The third-order valence-electron chi connectivity index (χ3n) is 7.01. The van der Waals surface area contributed by atoms with Crippen molar-refractivity contribution in [2.75, 3.05) is 19.5 Å². The van der Waals surface area contributed by atoms with Crippen molar-refractivity contribution in [1.29, 1.82) is 0 Å². The normalized spacial score (nSPS) is 19.7. The van der Waals surface area contributed by atoms with E-state index in [1.165, 1.54) is 21.1 Å². The van der Waals surface area contributed by atoms with Crippen molar-refractivity contribution in [3.05, 3.63) is 65.7 Å². The summed E-state index contributed by atoms with van der Waals surface area (Å²) in [6.07, 6.45) is 1.81. The second-order valence-corrected chi connectivity index (χ2v) is 12.7. The van der Waals surface area contributed by atoms with E-state index in [-0.39, 0.29) is 12.3 Å². The van der Waals surface area contributed by atoms with Gasteiger partial charge in [-0.2, -0.15) is 0 Å². The Morgan fingerprint density at radius 3 is 2.23 bits per heavy atom. The fourth-order valence-electron chi connectivity index (χ4n) is 5.01. The molecule has 3 N–H and O–H groups in total. The summed E-state index contributed by atoms with van der Waals surface area (Å²) in [6, 6.07) is 14.5. The van der Waals surface area contributed by atoms with Gasteiger partial charge in [0, 0.05) is 37.7 Å². The number of nitrogens with one attached hydrogen (secondary N) is 3. The van der Waals surface area contributed by atoms with E-state index in [9.17, 15) is 23.7 Å². The smallest absolute Gasteiger partial charge is 0.337 e. The quantitative estimate of drug-likeness (QED) is 0.283. The Balaban J connectivity index is 1.83. The van der Waals surface area contributed by atoms with E-state index in [1.807, 2.05) is 6.07 Å². The summed E-state index contributed by atoms with van der Waals surface area (Å²) < 4.78 is 24.1. The van der Waals surface area contributed by atoms with Crippen LogP contribution in [-0.2, 0) is 34.6 Å². The van der Waals surface area contributed by atoms with E-state index in [1.54, 1.807) is 55.5 Å². The van der Waals surface area contributed by atoms with Crippen molar-refractivity contribution in [3.8, 4) is 0 Å². The van der Waals surface area contributed by atoms with E-state index in [0.29, 0.717) is 30.5 Å². The molecule has 0 aromatic heterocycles. The zero-order valence-corrected chi connectivity index (χ0v) is 23.5. The number of amides is 3. The average Bonchev–Trinajstić information content (AvgIpc) is 3.43. The minimum atomic E-state index is -3.45. The number of anilines is 1. The van der Waals surface area contributed by atoms with Gasteiger partial charge in [0.05, 0.1) is 12.7 Å². The number of carbonyl (C=O) groups excluding carboxylic acids is 4. The summed E-state index contributed by atoms with van der Waals surface area (Å²) in [5, 5.41) is 8.36. The molecule has 10 nitrogen and oxygen atoms in total. The zero-order valence-electron chi connectivity index (χ0n) is 22.6. The number of benzene rings is 2. The second-order valence-electron chi connectivity index (χ2n) is 9.62. The van der Waals surface area contributed by atoms with Gasteiger partial charge in [-0.3, -0.25) is 18.9 Å². The molecule has 1 fully saturated rings. The van der Waals surface area contributed by atoms with Gasteiger partial charge in [0.15, 0.2) is 0 Å². The Kier molecular flexibility index (Phi) is 10.4. The standard InChI is InChI=1S/C28H36N3O7P/c1-18(32)29-19(2)39(36,38-4)25-12-8-11-23(25)26(33)31-24(27(34)30-22-9-6-5-7-10-22)17-20-13-15-21(16-14-20)28(35)37-3/h5-7,9-10,13-16,19,23-25H,8,11-12,17H2,1-4H3,(H,29,32)(H,30,34)(H,31,33)/t19?,23?,24-,25?,39?/m0/s1. The average molecular weight is 558 g/mol. The van der Waals surface area contributed by atoms with Gasteiger partial charge >= 0.3 is 5.97 Å². The molecule has 1 aliphatic carbocycles. The lowest BCUT2D eigenvalue weighted by atomic mass is 10.0. The highest BCUT2D eigenvalue weighted by molar-refractivity contribution is 7.60. The minimum absolute atomic E-state index is 0.160. The van der Waals surface area contributed by atoms with Gasteiger partial charge in [0.25, 0.3) is 0 Å². The van der Waals surface area contributed by atoms with Crippen LogP contribution < -0.4 is 16.0 Å². The highest BCUT2D eigenvalue weighted by atomic mass is 31.2. The van der Waals surface area contributed by atoms with Crippen molar-refractivity contribution in [3.63, 3.8) is 0 Å². The fourth-order valence-corrected chi connectivity index (χ4v) is 7.86. The Labute approximate surface area is 228 Å². The van der Waals surface area contributed by atoms with E-state index in [0.717, 1.165) is 5.56 Å². The molecule has 3 amide bonds. The molecule has 39 heavy (non-hydrogen) atoms. The van der Waals surface area contributed by atoms with Gasteiger partial charge in [0.2, 0.25) is 25.1 Å². The molecule has 1 aliphatic rings. The maximum absolute atomic E-state index is 13.9. The van der Waals surface area contributed by atoms with Crippen LogP contribution in [-0.4, -0.2) is 55.4 Å². The van der Waals surface area contributed by atoms with Crippen molar-refractivity contribution in [1.82, 2.24) is 10.6 Å². The van der Waals surface area contributed by atoms with Gasteiger partial charge in [-0.1, -0.05) is 36.8 Å². The molecule has 3 rings (SSSR count). The number of carbonyl (C=O) groups is 4. The summed E-state index contributed by atoms with van der Waals surface area (Å²) in [5.41, 5.74) is 1.07. The number of methoxy groups -OCH3 is 1. The topological polar surface area (TPSA) is 140 Å². The fraction of sp³-hybridized carbons (Fsp3) is 0.429. The largest absolute Gasteiger partial charge is 0.465 e. The van der Waals surface area contributed by atoms with E-state index in [4.69, 9.17) is 9.26 Å².